The van der Waals surface area contributed by atoms with E-state index in [0.717, 1.165) is 19.3 Å². The van der Waals surface area contributed by atoms with E-state index in [1.165, 1.54) is 13.8 Å². The number of nitrogens with one attached hydrogen (secondary N) is 1. The average molecular weight is 197 g/mol. The zero-order valence-corrected chi connectivity index (χ0v) is 9.17. The Labute approximate surface area is 85.3 Å². The van der Waals surface area contributed by atoms with Crippen molar-refractivity contribution in [3.05, 3.63) is 0 Å². The van der Waals surface area contributed by atoms with Crippen LogP contribution in [0, 0.1) is 5.92 Å². The molecule has 0 bridgehead atoms. The Morgan fingerprint density at radius 3 is 2.21 bits per heavy atom. The second kappa shape index (κ2) is 4.69. The minimum Gasteiger partial charge on any atom is -0.310 e. The zero-order chi connectivity index (χ0) is 10.7. The smallest absolute Gasteiger partial charge is 0.141 e. The number of rotatable bonds is 3. The van der Waals surface area contributed by atoms with E-state index in [1.54, 1.807) is 0 Å². The highest BCUT2D eigenvalue weighted by Gasteiger charge is 2.32. The number of carbonyl (C=O) groups excluding carboxylic acids is 2. The molecule has 0 aliphatic carbocycles. The molecule has 0 radical (unpaired) electrons. The van der Waals surface area contributed by atoms with Crippen molar-refractivity contribution in [1.82, 2.24) is 5.32 Å². The lowest BCUT2D eigenvalue weighted by Crippen LogP contribution is -2.49. The molecule has 3 nitrogen and oxygen atoms in total. The Kier molecular flexibility index (Phi) is 3.81. The molecular weight excluding hydrogens is 178 g/mol. The molecule has 3 heteroatoms. The number of hydrogen-bond donors (Lipinski definition) is 1. The number of carbonyl (C=O) groups is 2. The van der Waals surface area contributed by atoms with Crippen molar-refractivity contribution in [1.29, 1.82) is 0 Å². The summed E-state index contributed by atoms with van der Waals surface area (Å²) in [6.45, 7) is 5.11. The lowest BCUT2D eigenvalue weighted by molar-refractivity contribution is -0.132. The van der Waals surface area contributed by atoms with Crippen molar-refractivity contribution in [3.8, 4) is 0 Å². The van der Waals surface area contributed by atoms with Gasteiger partial charge in [-0.15, -0.1) is 0 Å². The minimum absolute atomic E-state index is 0.0101. The van der Waals surface area contributed by atoms with Gasteiger partial charge in [-0.05, 0) is 33.6 Å². The van der Waals surface area contributed by atoms with E-state index in [-0.39, 0.29) is 17.6 Å². The summed E-state index contributed by atoms with van der Waals surface area (Å²) < 4.78 is 0. The maximum Gasteiger partial charge on any atom is 0.141 e. The first-order valence-corrected chi connectivity index (χ1v) is 5.29. The summed E-state index contributed by atoms with van der Waals surface area (Å²) in [5, 5.41) is 3.34. The maximum absolute atomic E-state index is 11.3. The molecular formula is C11H19NO2. The third-order valence-corrected chi connectivity index (χ3v) is 2.93. The largest absolute Gasteiger partial charge is 0.310 e. The summed E-state index contributed by atoms with van der Waals surface area (Å²) in [5.74, 6) is -0.453. The summed E-state index contributed by atoms with van der Waals surface area (Å²) >= 11 is 0. The van der Waals surface area contributed by atoms with Crippen molar-refractivity contribution < 1.29 is 9.59 Å². The van der Waals surface area contributed by atoms with Crippen LogP contribution in [0.5, 0.6) is 0 Å². The van der Waals surface area contributed by atoms with Crippen molar-refractivity contribution in [3.63, 3.8) is 0 Å². The molecule has 1 N–H and O–H groups in total. The first kappa shape index (κ1) is 11.4. The summed E-state index contributed by atoms with van der Waals surface area (Å²) in [5.41, 5.74) is 0. The Balaban J connectivity index is 2.67. The van der Waals surface area contributed by atoms with Crippen molar-refractivity contribution in [2.45, 2.75) is 52.1 Å². The molecule has 1 aliphatic rings. The molecule has 0 spiro atoms. The Morgan fingerprint density at radius 2 is 1.79 bits per heavy atom. The lowest BCUT2D eigenvalue weighted by atomic mass is 9.85. The summed E-state index contributed by atoms with van der Waals surface area (Å²) in [7, 11) is 0. The van der Waals surface area contributed by atoms with Crippen LogP contribution in [-0.2, 0) is 9.59 Å². The second-order valence-corrected chi connectivity index (χ2v) is 4.30. The van der Waals surface area contributed by atoms with E-state index < -0.39 is 5.92 Å². The predicted molar refractivity (Wildman–Crippen MR) is 55.1 cm³/mol. The van der Waals surface area contributed by atoms with Gasteiger partial charge in [-0.3, -0.25) is 9.59 Å². The quantitative estimate of drug-likeness (QED) is 0.694. The van der Waals surface area contributed by atoms with Crippen LogP contribution in [0.4, 0.5) is 0 Å². The number of piperidine rings is 1. The standard InChI is InChI=1S/C11H19NO2/c1-7-5-4-6-10(12-7)11(8(2)13)9(3)14/h7,10-12H,4-6H2,1-3H3. The average Bonchev–Trinajstić information content (AvgIpc) is 2.02. The van der Waals surface area contributed by atoms with Gasteiger partial charge >= 0.3 is 0 Å². The highest BCUT2D eigenvalue weighted by molar-refractivity contribution is 6.01. The van der Waals surface area contributed by atoms with Crippen molar-refractivity contribution in [2.75, 3.05) is 0 Å². The molecule has 0 aromatic carbocycles. The molecule has 1 fully saturated rings. The molecule has 14 heavy (non-hydrogen) atoms. The molecule has 0 saturated carbocycles. The van der Waals surface area contributed by atoms with Crippen LogP contribution < -0.4 is 5.32 Å². The Hall–Kier alpha value is -0.700. The molecule has 0 aromatic heterocycles. The second-order valence-electron chi connectivity index (χ2n) is 4.30. The summed E-state index contributed by atoms with van der Waals surface area (Å²) in [4.78, 5) is 22.7. The summed E-state index contributed by atoms with van der Waals surface area (Å²) in [6.07, 6.45) is 3.18. The molecule has 2 unspecified atom stereocenters. The Bertz CT molecular complexity index is 223. The fourth-order valence-electron chi connectivity index (χ4n) is 2.29. The van der Waals surface area contributed by atoms with Gasteiger partial charge in [0.1, 0.15) is 11.6 Å². The first-order valence-electron chi connectivity index (χ1n) is 5.29. The molecule has 1 rings (SSSR count). The van der Waals surface area contributed by atoms with Crippen LogP contribution in [0.3, 0.4) is 0 Å². The molecule has 0 amide bonds. The van der Waals surface area contributed by atoms with Crippen molar-refractivity contribution >= 4 is 11.6 Å². The minimum atomic E-state index is -0.433. The molecule has 80 valence electrons. The maximum atomic E-state index is 11.3. The van der Waals surface area contributed by atoms with E-state index in [1.807, 2.05) is 0 Å². The van der Waals surface area contributed by atoms with Crippen LogP contribution in [0.2, 0.25) is 0 Å². The zero-order valence-electron chi connectivity index (χ0n) is 9.17. The van der Waals surface area contributed by atoms with Crippen LogP contribution in [0.15, 0.2) is 0 Å². The van der Waals surface area contributed by atoms with E-state index in [4.69, 9.17) is 0 Å². The van der Waals surface area contributed by atoms with E-state index in [0.29, 0.717) is 6.04 Å². The fraction of sp³-hybridized carbons (Fsp3) is 0.818. The van der Waals surface area contributed by atoms with Gasteiger partial charge in [-0.1, -0.05) is 6.42 Å². The highest BCUT2D eigenvalue weighted by atomic mass is 16.1. The SMILES string of the molecule is CC(=O)C(C(C)=O)C1CCCC(C)N1. The van der Waals surface area contributed by atoms with Gasteiger partial charge in [-0.2, -0.15) is 0 Å². The van der Waals surface area contributed by atoms with Gasteiger partial charge in [0.05, 0.1) is 5.92 Å². The number of ketones is 2. The third kappa shape index (κ3) is 2.64. The highest BCUT2D eigenvalue weighted by Crippen LogP contribution is 2.20. The normalized spacial score (nSPS) is 27.7. The number of Topliss-reactive ketones (excluding diaryl/α,β-unsaturated/α-hetero) is 2. The van der Waals surface area contributed by atoms with Gasteiger partial charge in [0.15, 0.2) is 0 Å². The molecule has 1 aliphatic heterocycles. The van der Waals surface area contributed by atoms with E-state index in [2.05, 4.69) is 12.2 Å². The number of hydrogen-bond acceptors (Lipinski definition) is 3. The van der Waals surface area contributed by atoms with Gasteiger partial charge < -0.3 is 5.32 Å². The van der Waals surface area contributed by atoms with Gasteiger partial charge in [0.25, 0.3) is 0 Å². The topological polar surface area (TPSA) is 46.2 Å². The van der Waals surface area contributed by atoms with Gasteiger partial charge in [0.2, 0.25) is 0 Å². The van der Waals surface area contributed by atoms with Crippen LogP contribution in [0.1, 0.15) is 40.0 Å². The lowest BCUT2D eigenvalue weighted by Gasteiger charge is -2.32. The third-order valence-electron chi connectivity index (χ3n) is 2.93. The van der Waals surface area contributed by atoms with Crippen LogP contribution >= 0.6 is 0 Å². The fourth-order valence-corrected chi connectivity index (χ4v) is 2.29. The molecule has 2 atom stereocenters. The Morgan fingerprint density at radius 1 is 1.21 bits per heavy atom. The van der Waals surface area contributed by atoms with E-state index in [9.17, 15) is 9.59 Å². The monoisotopic (exact) mass is 197 g/mol. The summed E-state index contributed by atoms with van der Waals surface area (Å²) in [6, 6.07) is 0.490. The van der Waals surface area contributed by atoms with Gasteiger partial charge in [0, 0.05) is 12.1 Å². The van der Waals surface area contributed by atoms with Crippen LogP contribution in [0.25, 0.3) is 0 Å². The predicted octanol–water partition coefficient (Wildman–Crippen LogP) is 1.31. The molecule has 1 heterocycles. The van der Waals surface area contributed by atoms with Gasteiger partial charge in [-0.25, -0.2) is 0 Å². The van der Waals surface area contributed by atoms with Crippen LogP contribution in [-0.4, -0.2) is 23.7 Å². The first-order chi connectivity index (χ1) is 6.52. The molecule has 1 saturated heterocycles. The van der Waals surface area contributed by atoms with Crippen molar-refractivity contribution in [2.24, 2.45) is 5.92 Å². The molecule has 0 aromatic rings. The van der Waals surface area contributed by atoms with E-state index >= 15 is 0 Å².